The second-order valence-electron chi connectivity index (χ2n) is 8.00. The average Bonchev–Trinajstić information content (AvgIpc) is 3.12. The van der Waals surface area contributed by atoms with Crippen LogP contribution in [0.25, 0.3) is 43.5 Å². The third-order valence-corrected chi connectivity index (χ3v) is 6.53. The standard InChI is InChI=1S/C25H23N3O3/c1-5-26-20-10-8-7-9-18(20)22-15(4)24-21(14(3)23(22)26)17-12-11-16(28(30)31)13-19(17)25(29)27(24)6-2/h7-13H,5-6H2,1-4H3. The number of hydrogen-bond donors (Lipinski definition) is 0. The summed E-state index contributed by atoms with van der Waals surface area (Å²) in [6.45, 7) is 9.58. The third-order valence-electron chi connectivity index (χ3n) is 6.53. The van der Waals surface area contributed by atoms with Gasteiger partial charge in [0.05, 0.1) is 21.3 Å². The maximum atomic E-state index is 13.4. The van der Waals surface area contributed by atoms with Crippen molar-refractivity contribution in [1.82, 2.24) is 9.13 Å². The van der Waals surface area contributed by atoms with Crippen LogP contribution in [-0.4, -0.2) is 14.1 Å². The van der Waals surface area contributed by atoms with Gasteiger partial charge in [-0.05, 0) is 56.3 Å². The topological polar surface area (TPSA) is 70.1 Å². The normalized spacial score (nSPS) is 11.9. The number of hydrogen-bond acceptors (Lipinski definition) is 3. The Morgan fingerprint density at radius 1 is 0.839 bits per heavy atom. The molecule has 0 aliphatic rings. The van der Waals surface area contributed by atoms with Gasteiger partial charge in [-0.15, -0.1) is 0 Å². The van der Waals surface area contributed by atoms with E-state index >= 15 is 0 Å². The second kappa shape index (κ2) is 6.67. The summed E-state index contributed by atoms with van der Waals surface area (Å²) in [5.74, 6) is 0. The summed E-state index contributed by atoms with van der Waals surface area (Å²) in [6.07, 6.45) is 0. The number of nitro groups is 1. The Balaban J connectivity index is 2.16. The summed E-state index contributed by atoms with van der Waals surface area (Å²) in [7, 11) is 0. The molecule has 0 bridgehead atoms. The first-order valence-corrected chi connectivity index (χ1v) is 10.5. The van der Waals surface area contributed by atoms with E-state index in [2.05, 4.69) is 37.5 Å². The van der Waals surface area contributed by atoms with Crippen LogP contribution in [0.3, 0.4) is 0 Å². The van der Waals surface area contributed by atoms with E-state index in [1.165, 1.54) is 28.4 Å². The zero-order valence-corrected chi connectivity index (χ0v) is 18.0. The minimum atomic E-state index is -0.449. The van der Waals surface area contributed by atoms with Crippen molar-refractivity contribution in [3.8, 4) is 0 Å². The molecule has 5 rings (SSSR count). The van der Waals surface area contributed by atoms with Gasteiger partial charge in [-0.2, -0.15) is 0 Å². The molecule has 3 aromatic carbocycles. The molecular formula is C25H23N3O3. The summed E-state index contributed by atoms with van der Waals surface area (Å²) in [4.78, 5) is 24.3. The molecule has 2 aromatic heterocycles. The maximum Gasteiger partial charge on any atom is 0.270 e. The lowest BCUT2D eigenvalue weighted by Gasteiger charge is -2.18. The molecule has 0 fully saturated rings. The molecule has 5 aromatic rings. The first kappa shape index (κ1) is 19.3. The lowest BCUT2D eigenvalue weighted by Crippen LogP contribution is -2.21. The highest BCUT2D eigenvalue weighted by Gasteiger charge is 2.22. The molecule has 0 aliphatic heterocycles. The van der Waals surface area contributed by atoms with Crippen LogP contribution in [0.1, 0.15) is 25.0 Å². The number of nitrogens with zero attached hydrogens (tertiary/aromatic N) is 3. The molecular weight excluding hydrogens is 390 g/mol. The van der Waals surface area contributed by atoms with Crippen LogP contribution < -0.4 is 5.56 Å². The molecule has 6 heteroatoms. The smallest absolute Gasteiger partial charge is 0.270 e. The van der Waals surface area contributed by atoms with Gasteiger partial charge in [-0.1, -0.05) is 18.2 Å². The maximum absolute atomic E-state index is 13.4. The van der Waals surface area contributed by atoms with E-state index in [0.29, 0.717) is 11.9 Å². The number of rotatable bonds is 3. The summed E-state index contributed by atoms with van der Waals surface area (Å²) < 4.78 is 4.09. The van der Waals surface area contributed by atoms with Crippen molar-refractivity contribution in [3.63, 3.8) is 0 Å². The van der Waals surface area contributed by atoms with Gasteiger partial charge in [0, 0.05) is 46.9 Å². The Bertz CT molecular complexity index is 1620. The van der Waals surface area contributed by atoms with Crippen LogP contribution in [0.2, 0.25) is 0 Å². The van der Waals surface area contributed by atoms with Crippen LogP contribution in [0.4, 0.5) is 5.69 Å². The van der Waals surface area contributed by atoms with Gasteiger partial charge in [0.2, 0.25) is 0 Å². The number of fused-ring (bicyclic) bond motifs is 6. The summed E-state index contributed by atoms with van der Waals surface area (Å²) in [5, 5.41) is 15.9. The van der Waals surface area contributed by atoms with Gasteiger partial charge in [0.25, 0.3) is 11.2 Å². The molecule has 0 unspecified atom stereocenters. The van der Waals surface area contributed by atoms with E-state index in [1.807, 2.05) is 19.1 Å². The lowest BCUT2D eigenvalue weighted by atomic mass is 9.94. The molecule has 156 valence electrons. The fraction of sp³-hybridized carbons (Fsp3) is 0.240. The van der Waals surface area contributed by atoms with E-state index in [4.69, 9.17) is 0 Å². The van der Waals surface area contributed by atoms with Crippen molar-refractivity contribution >= 4 is 49.2 Å². The molecule has 0 atom stereocenters. The fourth-order valence-electron chi connectivity index (χ4n) is 5.26. The van der Waals surface area contributed by atoms with Gasteiger partial charge in [-0.3, -0.25) is 14.9 Å². The predicted octanol–water partition coefficient (Wildman–Crippen LogP) is 5.83. The zero-order chi connectivity index (χ0) is 22.0. The van der Waals surface area contributed by atoms with Crippen molar-refractivity contribution in [1.29, 1.82) is 0 Å². The minimum absolute atomic E-state index is 0.0651. The number of aromatic nitrogens is 2. The largest absolute Gasteiger partial charge is 0.341 e. The molecule has 31 heavy (non-hydrogen) atoms. The molecule has 0 radical (unpaired) electrons. The highest BCUT2D eigenvalue weighted by molar-refractivity contribution is 6.21. The molecule has 2 heterocycles. The van der Waals surface area contributed by atoms with Gasteiger partial charge in [0.1, 0.15) is 0 Å². The van der Waals surface area contributed by atoms with Gasteiger partial charge in [-0.25, -0.2) is 0 Å². The summed E-state index contributed by atoms with van der Waals surface area (Å²) >= 11 is 0. The van der Waals surface area contributed by atoms with Crippen molar-refractivity contribution in [2.75, 3.05) is 0 Å². The Morgan fingerprint density at radius 2 is 1.45 bits per heavy atom. The molecule has 0 amide bonds. The first-order valence-electron chi connectivity index (χ1n) is 10.5. The average molecular weight is 413 g/mol. The second-order valence-corrected chi connectivity index (χ2v) is 8.00. The monoisotopic (exact) mass is 413 g/mol. The van der Waals surface area contributed by atoms with Crippen LogP contribution >= 0.6 is 0 Å². The van der Waals surface area contributed by atoms with E-state index in [0.717, 1.165) is 39.5 Å². The van der Waals surface area contributed by atoms with Crippen LogP contribution in [0.5, 0.6) is 0 Å². The first-order chi connectivity index (χ1) is 14.9. The summed E-state index contributed by atoms with van der Waals surface area (Å²) in [5.41, 5.74) is 5.16. The predicted molar refractivity (Wildman–Crippen MR) is 126 cm³/mol. The number of benzene rings is 3. The molecule has 0 N–H and O–H groups in total. The van der Waals surface area contributed by atoms with E-state index in [-0.39, 0.29) is 11.2 Å². The van der Waals surface area contributed by atoms with Crippen molar-refractivity contribution in [2.24, 2.45) is 0 Å². The van der Waals surface area contributed by atoms with Crippen molar-refractivity contribution in [2.45, 2.75) is 40.8 Å². The zero-order valence-electron chi connectivity index (χ0n) is 18.0. The SMILES string of the molecule is CCn1c(=O)c2cc([N+](=O)[O-])ccc2c2c(C)c3c(c(C)c21)c1ccccc1n3CC. The van der Waals surface area contributed by atoms with Gasteiger partial charge in [0.15, 0.2) is 0 Å². The van der Waals surface area contributed by atoms with E-state index in [1.54, 1.807) is 10.6 Å². The molecule has 0 saturated carbocycles. The minimum Gasteiger partial charge on any atom is -0.341 e. The quantitative estimate of drug-likeness (QED) is 0.212. The van der Waals surface area contributed by atoms with E-state index in [9.17, 15) is 14.9 Å². The molecule has 0 aliphatic carbocycles. The Morgan fingerprint density at radius 3 is 2.10 bits per heavy atom. The van der Waals surface area contributed by atoms with Crippen molar-refractivity contribution < 1.29 is 4.92 Å². The molecule has 0 saturated heterocycles. The molecule has 0 spiro atoms. The van der Waals surface area contributed by atoms with Gasteiger partial charge < -0.3 is 9.13 Å². The Kier molecular flexibility index (Phi) is 4.15. The van der Waals surface area contributed by atoms with E-state index < -0.39 is 4.92 Å². The van der Waals surface area contributed by atoms with Crippen molar-refractivity contribution in [3.05, 3.63) is 74.1 Å². The number of aryl methyl sites for hydroxylation is 4. The highest BCUT2D eigenvalue weighted by atomic mass is 16.6. The highest BCUT2D eigenvalue weighted by Crippen LogP contribution is 2.40. The Labute approximate surface area is 178 Å². The lowest BCUT2D eigenvalue weighted by molar-refractivity contribution is -0.384. The molecule has 6 nitrogen and oxygen atoms in total. The fourth-order valence-corrected chi connectivity index (χ4v) is 5.26. The van der Waals surface area contributed by atoms with Crippen LogP contribution in [0.15, 0.2) is 47.3 Å². The van der Waals surface area contributed by atoms with Gasteiger partial charge >= 0.3 is 0 Å². The number of para-hydroxylation sites is 1. The third kappa shape index (κ3) is 2.42. The van der Waals surface area contributed by atoms with Crippen LogP contribution in [-0.2, 0) is 13.1 Å². The number of non-ortho nitro benzene ring substituents is 1. The number of pyridine rings is 1. The Hall–Kier alpha value is -3.67. The summed E-state index contributed by atoms with van der Waals surface area (Å²) in [6, 6.07) is 13.0. The van der Waals surface area contributed by atoms with Crippen LogP contribution in [0, 0.1) is 24.0 Å². The number of nitro benzene ring substituents is 1.